The van der Waals surface area contributed by atoms with Crippen molar-refractivity contribution in [1.82, 2.24) is 10.4 Å². The van der Waals surface area contributed by atoms with Gasteiger partial charge >= 0.3 is 0 Å². The molecule has 0 aromatic heterocycles. The Bertz CT molecular complexity index is 431. The summed E-state index contributed by atoms with van der Waals surface area (Å²) in [6, 6.07) is 5.33. The molecule has 1 N–H and O–H groups in total. The maximum atomic E-state index is 12.1. The van der Waals surface area contributed by atoms with Gasteiger partial charge in [0.2, 0.25) is 0 Å². The quantitative estimate of drug-likeness (QED) is 0.932. The number of hydrogen-bond donors (Lipinski definition) is 1. The molecule has 1 aromatic carbocycles. The third kappa shape index (κ3) is 3.23. The number of methoxy groups -OCH3 is 1. The van der Waals surface area contributed by atoms with Crippen LogP contribution in [0.4, 0.5) is 0 Å². The second kappa shape index (κ2) is 6.20. The van der Waals surface area contributed by atoms with Crippen LogP contribution in [0.2, 0.25) is 0 Å². The van der Waals surface area contributed by atoms with Gasteiger partial charge in [-0.3, -0.25) is 10.2 Å². The Morgan fingerprint density at radius 2 is 2.06 bits per heavy atom. The number of ether oxygens (including phenoxy) is 1. The lowest BCUT2D eigenvalue weighted by atomic mass is 10.1. The normalized spacial score (nSPS) is 16.3. The van der Waals surface area contributed by atoms with Crippen LogP contribution in [0.25, 0.3) is 0 Å². The van der Waals surface area contributed by atoms with E-state index in [0.29, 0.717) is 5.56 Å². The average Bonchev–Trinajstić information content (AvgIpc) is 2.39. The highest BCUT2D eigenvalue weighted by atomic mass is 79.9. The molecule has 0 saturated carbocycles. The molecule has 98 valence electrons. The Kier molecular flexibility index (Phi) is 4.60. The SMILES string of the molecule is COc1ccc(C(=O)NN2CCCCC2)cc1Br. The number of piperidine rings is 1. The van der Waals surface area contributed by atoms with Crippen LogP contribution in [0, 0.1) is 0 Å². The second-order valence-electron chi connectivity index (χ2n) is 4.34. The monoisotopic (exact) mass is 312 g/mol. The number of benzene rings is 1. The minimum Gasteiger partial charge on any atom is -0.496 e. The minimum atomic E-state index is -0.0692. The van der Waals surface area contributed by atoms with Gasteiger partial charge in [-0.1, -0.05) is 6.42 Å². The number of nitrogens with zero attached hydrogens (tertiary/aromatic N) is 1. The van der Waals surface area contributed by atoms with Crippen molar-refractivity contribution in [2.45, 2.75) is 19.3 Å². The fraction of sp³-hybridized carbons (Fsp3) is 0.462. The third-order valence-electron chi connectivity index (χ3n) is 3.03. The summed E-state index contributed by atoms with van der Waals surface area (Å²) in [6.07, 6.45) is 3.54. The van der Waals surface area contributed by atoms with Gasteiger partial charge < -0.3 is 4.74 Å². The Morgan fingerprint density at radius 3 is 2.67 bits per heavy atom. The molecule has 1 heterocycles. The standard InChI is InChI=1S/C13H17BrN2O2/c1-18-12-6-5-10(9-11(12)14)13(17)15-16-7-3-2-4-8-16/h5-6,9H,2-4,7-8H2,1H3,(H,15,17). The number of halogens is 1. The lowest BCUT2D eigenvalue weighted by molar-refractivity contribution is 0.0750. The number of carbonyl (C=O) groups excluding carboxylic acids is 1. The highest BCUT2D eigenvalue weighted by Crippen LogP contribution is 2.25. The first-order chi connectivity index (χ1) is 8.70. The molecule has 0 spiro atoms. The number of nitrogens with one attached hydrogen (secondary N) is 1. The predicted octanol–water partition coefficient (Wildman–Crippen LogP) is 2.59. The zero-order valence-electron chi connectivity index (χ0n) is 10.4. The lowest BCUT2D eigenvalue weighted by Crippen LogP contribution is -2.45. The molecule has 1 aliphatic heterocycles. The highest BCUT2D eigenvalue weighted by molar-refractivity contribution is 9.10. The molecule has 0 aliphatic carbocycles. The zero-order valence-corrected chi connectivity index (χ0v) is 12.0. The van der Waals surface area contributed by atoms with Crippen LogP contribution in [0.1, 0.15) is 29.6 Å². The van der Waals surface area contributed by atoms with Gasteiger partial charge in [0, 0.05) is 18.7 Å². The molecule has 0 unspecified atom stereocenters. The van der Waals surface area contributed by atoms with Crippen molar-refractivity contribution in [2.24, 2.45) is 0 Å². The first kappa shape index (κ1) is 13.4. The molecule has 18 heavy (non-hydrogen) atoms. The molecule has 1 aliphatic rings. The van der Waals surface area contributed by atoms with E-state index < -0.39 is 0 Å². The molecule has 0 bridgehead atoms. The Morgan fingerprint density at radius 1 is 1.33 bits per heavy atom. The van der Waals surface area contributed by atoms with Crippen molar-refractivity contribution in [1.29, 1.82) is 0 Å². The van der Waals surface area contributed by atoms with Gasteiger partial charge in [-0.05, 0) is 47.0 Å². The van der Waals surface area contributed by atoms with Gasteiger partial charge in [0.1, 0.15) is 5.75 Å². The van der Waals surface area contributed by atoms with Crippen molar-refractivity contribution in [3.63, 3.8) is 0 Å². The topological polar surface area (TPSA) is 41.6 Å². The lowest BCUT2D eigenvalue weighted by Gasteiger charge is -2.26. The van der Waals surface area contributed by atoms with Crippen molar-refractivity contribution < 1.29 is 9.53 Å². The van der Waals surface area contributed by atoms with Crippen molar-refractivity contribution in [3.05, 3.63) is 28.2 Å². The first-order valence-electron chi connectivity index (χ1n) is 6.10. The molecule has 1 saturated heterocycles. The predicted molar refractivity (Wildman–Crippen MR) is 73.6 cm³/mol. The van der Waals surface area contributed by atoms with Crippen molar-refractivity contribution in [2.75, 3.05) is 20.2 Å². The largest absolute Gasteiger partial charge is 0.496 e. The van der Waals surface area contributed by atoms with Crippen molar-refractivity contribution in [3.8, 4) is 5.75 Å². The average molecular weight is 313 g/mol. The number of hydrogen-bond acceptors (Lipinski definition) is 3. The molecule has 1 fully saturated rings. The summed E-state index contributed by atoms with van der Waals surface area (Å²) in [6.45, 7) is 1.87. The molecular formula is C13H17BrN2O2. The fourth-order valence-corrected chi connectivity index (χ4v) is 2.56. The molecule has 5 heteroatoms. The summed E-state index contributed by atoms with van der Waals surface area (Å²) in [5.74, 6) is 0.657. The van der Waals surface area contributed by atoms with E-state index >= 15 is 0 Å². The number of hydrazine groups is 1. The van der Waals surface area contributed by atoms with Crippen LogP contribution in [0.3, 0.4) is 0 Å². The Labute approximate surface area is 115 Å². The van der Waals surface area contributed by atoms with Gasteiger partial charge in [0.15, 0.2) is 0 Å². The van der Waals surface area contributed by atoms with Crippen molar-refractivity contribution >= 4 is 21.8 Å². The summed E-state index contributed by atoms with van der Waals surface area (Å²) in [4.78, 5) is 12.1. The molecule has 4 nitrogen and oxygen atoms in total. The van der Waals surface area contributed by atoms with Crippen LogP contribution in [-0.4, -0.2) is 31.1 Å². The van der Waals surface area contributed by atoms with E-state index in [-0.39, 0.29) is 5.91 Å². The van der Waals surface area contributed by atoms with Crippen LogP contribution in [-0.2, 0) is 0 Å². The van der Waals surface area contributed by atoms with Crippen LogP contribution < -0.4 is 10.2 Å². The maximum Gasteiger partial charge on any atom is 0.265 e. The molecule has 2 rings (SSSR count). The van der Waals surface area contributed by atoms with E-state index in [1.54, 1.807) is 25.3 Å². The van der Waals surface area contributed by atoms with E-state index in [9.17, 15) is 4.79 Å². The highest BCUT2D eigenvalue weighted by Gasteiger charge is 2.14. The van der Waals surface area contributed by atoms with E-state index in [4.69, 9.17) is 4.74 Å². The van der Waals surface area contributed by atoms with Crippen LogP contribution in [0.15, 0.2) is 22.7 Å². The molecular weight excluding hydrogens is 296 g/mol. The van der Waals surface area contributed by atoms with E-state index in [1.165, 1.54) is 6.42 Å². The number of carbonyl (C=O) groups is 1. The smallest absolute Gasteiger partial charge is 0.265 e. The molecule has 0 radical (unpaired) electrons. The van der Waals surface area contributed by atoms with E-state index in [0.717, 1.165) is 36.2 Å². The summed E-state index contributed by atoms with van der Waals surface area (Å²) >= 11 is 3.38. The van der Waals surface area contributed by atoms with E-state index in [1.807, 2.05) is 5.01 Å². The number of rotatable bonds is 3. The minimum absolute atomic E-state index is 0.0692. The number of amides is 1. The summed E-state index contributed by atoms with van der Waals surface area (Å²) in [5, 5.41) is 1.99. The summed E-state index contributed by atoms with van der Waals surface area (Å²) in [7, 11) is 1.60. The van der Waals surface area contributed by atoms with Crippen LogP contribution in [0.5, 0.6) is 5.75 Å². The molecule has 1 aromatic rings. The second-order valence-corrected chi connectivity index (χ2v) is 5.19. The van der Waals surface area contributed by atoms with Gasteiger partial charge in [-0.15, -0.1) is 0 Å². The van der Waals surface area contributed by atoms with Gasteiger partial charge in [0.25, 0.3) is 5.91 Å². The maximum absolute atomic E-state index is 12.1. The van der Waals surface area contributed by atoms with Gasteiger partial charge in [-0.2, -0.15) is 0 Å². The Hall–Kier alpha value is -1.07. The summed E-state index contributed by atoms with van der Waals surface area (Å²) < 4.78 is 5.93. The third-order valence-corrected chi connectivity index (χ3v) is 3.65. The molecule has 1 amide bonds. The van der Waals surface area contributed by atoms with Crippen LogP contribution >= 0.6 is 15.9 Å². The molecule has 0 atom stereocenters. The zero-order chi connectivity index (χ0) is 13.0. The van der Waals surface area contributed by atoms with Gasteiger partial charge in [-0.25, -0.2) is 5.01 Å². The fourth-order valence-electron chi connectivity index (χ4n) is 2.02. The first-order valence-corrected chi connectivity index (χ1v) is 6.89. The van der Waals surface area contributed by atoms with E-state index in [2.05, 4.69) is 21.4 Å². The Balaban J connectivity index is 2.01. The van der Waals surface area contributed by atoms with Gasteiger partial charge in [0.05, 0.1) is 11.6 Å². The summed E-state index contributed by atoms with van der Waals surface area (Å²) in [5.41, 5.74) is 3.57.